The third-order valence-corrected chi connectivity index (χ3v) is 3.77. The normalized spacial score (nSPS) is 15.6. The van der Waals surface area contributed by atoms with Crippen molar-refractivity contribution in [2.75, 3.05) is 13.2 Å². The number of hydrogen-bond donors (Lipinski definition) is 1. The smallest absolute Gasteiger partial charge is 0.161 e. The minimum absolute atomic E-state index is 0.455. The van der Waals surface area contributed by atoms with Gasteiger partial charge in [0.05, 0.1) is 30.1 Å². The van der Waals surface area contributed by atoms with Crippen molar-refractivity contribution in [3.8, 4) is 11.5 Å². The van der Waals surface area contributed by atoms with Crippen LogP contribution in [0.2, 0.25) is 5.02 Å². The number of fused-ring (bicyclic) bond motifs is 1. The largest absolute Gasteiger partial charge is 0.490 e. The lowest BCUT2D eigenvalue weighted by Gasteiger charge is -2.15. The molecule has 0 saturated carbocycles. The first kappa shape index (κ1) is 14.2. The van der Waals surface area contributed by atoms with Gasteiger partial charge < -0.3 is 14.6 Å². The molecule has 0 amide bonds. The average molecular weight is 309 g/mol. The zero-order chi connectivity index (χ0) is 14.8. The fraction of sp³-hybridized carbons (Fsp3) is 0.400. The van der Waals surface area contributed by atoms with Crippen molar-refractivity contribution in [3.63, 3.8) is 0 Å². The van der Waals surface area contributed by atoms with E-state index in [4.69, 9.17) is 21.1 Å². The Morgan fingerprint density at radius 2 is 2.10 bits per heavy atom. The Bertz CT molecular complexity index is 642. The molecule has 1 aromatic carbocycles. The first-order valence-electron chi connectivity index (χ1n) is 6.99. The highest BCUT2D eigenvalue weighted by Gasteiger charge is 2.21. The van der Waals surface area contributed by atoms with Crippen LogP contribution in [0.25, 0.3) is 0 Å². The van der Waals surface area contributed by atoms with E-state index in [0.717, 1.165) is 6.42 Å². The molecule has 1 aromatic heterocycles. The number of rotatable bonds is 3. The van der Waals surface area contributed by atoms with Gasteiger partial charge in [-0.05, 0) is 24.6 Å². The summed E-state index contributed by atoms with van der Waals surface area (Å²) < 4.78 is 12.9. The number of benzene rings is 1. The first-order chi connectivity index (χ1) is 10.2. The predicted molar refractivity (Wildman–Crippen MR) is 79.0 cm³/mol. The predicted octanol–water partition coefficient (Wildman–Crippen LogP) is 2.80. The second-order valence-corrected chi connectivity index (χ2v) is 5.26. The number of aromatic nitrogens is 2. The van der Waals surface area contributed by atoms with Gasteiger partial charge in [0.15, 0.2) is 11.5 Å². The zero-order valence-electron chi connectivity index (χ0n) is 11.8. The van der Waals surface area contributed by atoms with Crippen LogP contribution in [0, 0.1) is 0 Å². The van der Waals surface area contributed by atoms with E-state index in [2.05, 4.69) is 5.10 Å². The van der Waals surface area contributed by atoms with Crippen molar-refractivity contribution in [3.05, 3.63) is 40.7 Å². The third kappa shape index (κ3) is 2.71. The molecule has 0 spiro atoms. The number of halogens is 1. The van der Waals surface area contributed by atoms with Gasteiger partial charge >= 0.3 is 0 Å². The molecule has 112 valence electrons. The van der Waals surface area contributed by atoms with Gasteiger partial charge in [-0.25, -0.2) is 0 Å². The molecule has 1 N–H and O–H groups in total. The molecule has 0 saturated heterocycles. The van der Waals surface area contributed by atoms with E-state index in [1.54, 1.807) is 16.9 Å². The molecule has 0 bridgehead atoms. The molecule has 1 atom stereocenters. The van der Waals surface area contributed by atoms with E-state index in [0.29, 0.717) is 47.5 Å². The van der Waals surface area contributed by atoms with Crippen LogP contribution in [-0.4, -0.2) is 28.1 Å². The topological polar surface area (TPSA) is 56.5 Å². The van der Waals surface area contributed by atoms with Gasteiger partial charge in [-0.3, -0.25) is 4.68 Å². The first-order valence-corrected chi connectivity index (χ1v) is 7.37. The van der Waals surface area contributed by atoms with Crippen molar-refractivity contribution >= 4 is 11.6 Å². The van der Waals surface area contributed by atoms with Crippen LogP contribution in [0.5, 0.6) is 11.5 Å². The van der Waals surface area contributed by atoms with Crippen molar-refractivity contribution in [1.82, 2.24) is 9.78 Å². The Morgan fingerprint density at radius 3 is 2.86 bits per heavy atom. The fourth-order valence-corrected chi connectivity index (χ4v) is 2.65. The lowest BCUT2D eigenvalue weighted by molar-refractivity contribution is 0.207. The molecule has 3 rings (SSSR count). The Kier molecular flexibility index (Phi) is 4.03. The molecule has 0 radical (unpaired) electrons. The molecule has 0 aliphatic carbocycles. The van der Waals surface area contributed by atoms with Gasteiger partial charge in [-0.2, -0.15) is 5.10 Å². The third-order valence-electron chi connectivity index (χ3n) is 3.48. The van der Waals surface area contributed by atoms with Gasteiger partial charge in [-0.15, -0.1) is 0 Å². The van der Waals surface area contributed by atoms with Gasteiger partial charge in [0.2, 0.25) is 0 Å². The van der Waals surface area contributed by atoms with E-state index in [-0.39, 0.29) is 0 Å². The SMILES string of the molecule is CCn1ncc(Cl)c1C(O)c1ccc2c(c1)OCCCO2. The lowest BCUT2D eigenvalue weighted by Crippen LogP contribution is -2.10. The van der Waals surface area contributed by atoms with Crippen LogP contribution in [0.1, 0.15) is 30.7 Å². The van der Waals surface area contributed by atoms with E-state index in [1.807, 2.05) is 19.1 Å². The maximum atomic E-state index is 10.6. The van der Waals surface area contributed by atoms with E-state index in [9.17, 15) is 5.11 Å². The van der Waals surface area contributed by atoms with Gasteiger partial charge in [0, 0.05) is 13.0 Å². The Balaban J connectivity index is 1.96. The summed E-state index contributed by atoms with van der Waals surface area (Å²) in [7, 11) is 0. The molecule has 2 aromatic rings. The Hall–Kier alpha value is -1.72. The maximum absolute atomic E-state index is 10.6. The highest BCUT2D eigenvalue weighted by atomic mass is 35.5. The molecule has 0 fully saturated rings. The minimum atomic E-state index is -0.850. The minimum Gasteiger partial charge on any atom is -0.490 e. The van der Waals surface area contributed by atoms with Gasteiger partial charge in [0.25, 0.3) is 0 Å². The van der Waals surface area contributed by atoms with Crippen LogP contribution in [0.3, 0.4) is 0 Å². The van der Waals surface area contributed by atoms with Gasteiger partial charge in [-0.1, -0.05) is 17.7 Å². The maximum Gasteiger partial charge on any atom is 0.161 e. The molecular weight excluding hydrogens is 292 g/mol. The van der Waals surface area contributed by atoms with Crippen molar-refractivity contribution in [2.24, 2.45) is 0 Å². The quantitative estimate of drug-likeness (QED) is 0.947. The summed E-state index contributed by atoms with van der Waals surface area (Å²) in [5.74, 6) is 1.36. The van der Waals surface area contributed by atoms with Crippen molar-refractivity contribution in [1.29, 1.82) is 0 Å². The van der Waals surface area contributed by atoms with Crippen LogP contribution < -0.4 is 9.47 Å². The highest BCUT2D eigenvalue weighted by Crippen LogP contribution is 2.35. The second-order valence-electron chi connectivity index (χ2n) is 4.85. The average Bonchev–Trinajstić information content (AvgIpc) is 2.72. The van der Waals surface area contributed by atoms with E-state index < -0.39 is 6.10 Å². The number of aliphatic hydroxyl groups is 1. The molecule has 1 aliphatic heterocycles. The van der Waals surface area contributed by atoms with E-state index in [1.165, 1.54) is 0 Å². The number of nitrogens with zero attached hydrogens (tertiary/aromatic N) is 2. The summed E-state index contributed by atoms with van der Waals surface area (Å²) in [4.78, 5) is 0. The lowest BCUT2D eigenvalue weighted by atomic mass is 10.1. The number of aryl methyl sites for hydroxylation is 1. The molecule has 21 heavy (non-hydrogen) atoms. The van der Waals surface area contributed by atoms with Crippen LogP contribution in [0.15, 0.2) is 24.4 Å². The Labute approximate surface area is 128 Å². The van der Waals surface area contributed by atoms with Crippen LogP contribution in [-0.2, 0) is 6.54 Å². The van der Waals surface area contributed by atoms with Crippen molar-refractivity contribution in [2.45, 2.75) is 26.0 Å². The summed E-state index contributed by atoms with van der Waals surface area (Å²) in [6.45, 7) is 3.85. The van der Waals surface area contributed by atoms with E-state index >= 15 is 0 Å². The molecule has 6 heteroatoms. The number of ether oxygens (including phenoxy) is 2. The second kappa shape index (κ2) is 5.95. The summed E-state index contributed by atoms with van der Waals surface area (Å²) in [5.41, 5.74) is 1.30. The van der Waals surface area contributed by atoms with Gasteiger partial charge in [0.1, 0.15) is 6.10 Å². The molecular formula is C15H17ClN2O3. The van der Waals surface area contributed by atoms with Crippen LogP contribution >= 0.6 is 11.6 Å². The van der Waals surface area contributed by atoms with Crippen LogP contribution in [0.4, 0.5) is 0 Å². The molecule has 1 aliphatic rings. The highest BCUT2D eigenvalue weighted by molar-refractivity contribution is 6.31. The molecule has 5 nitrogen and oxygen atoms in total. The molecule has 1 unspecified atom stereocenters. The zero-order valence-corrected chi connectivity index (χ0v) is 12.5. The summed E-state index contributed by atoms with van der Waals surface area (Å²) in [5, 5.41) is 15.2. The number of hydrogen-bond acceptors (Lipinski definition) is 4. The van der Waals surface area contributed by atoms with Crippen molar-refractivity contribution < 1.29 is 14.6 Å². The summed E-state index contributed by atoms with van der Waals surface area (Å²) in [6, 6.07) is 5.44. The Morgan fingerprint density at radius 1 is 1.33 bits per heavy atom. The number of aliphatic hydroxyl groups excluding tert-OH is 1. The standard InChI is InChI=1S/C15H17ClN2O3/c1-2-18-14(11(16)9-17-18)15(19)10-4-5-12-13(8-10)21-7-3-6-20-12/h4-5,8-9,15,19H,2-3,6-7H2,1H3. The summed E-state index contributed by atoms with van der Waals surface area (Å²) in [6.07, 6.45) is 1.55. The summed E-state index contributed by atoms with van der Waals surface area (Å²) >= 11 is 6.14. The fourth-order valence-electron chi connectivity index (χ4n) is 2.40. The monoisotopic (exact) mass is 308 g/mol. The molecule has 2 heterocycles.